The van der Waals surface area contributed by atoms with Crippen LogP contribution in [0.25, 0.3) is 22.1 Å². The molecule has 0 radical (unpaired) electrons. The van der Waals surface area contributed by atoms with E-state index in [4.69, 9.17) is 33.2 Å². The number of benzene rings is 2. The Labute approximate surface area is 459 Å². The number of hydrogen-bond donors (Lipinski definition) is 1. The zero-order valence-corrected chi connectivity index (χ0v) is 45.7. The van der Waals surface area contributed by atoms with Gasteiger partial charge in [0.25, 0.3) is 11.1 Å². The average Bonchev–Trinajstić information content (AvgIpc) is 4.42. The summed E-state index contributed by atoms with van der Waals surface area (Å²) >= 11 is 11.2. The second-order valence-electron chi connectivity index (χ2n) is 20.9. The Hall–Kier alpha value is -5.14. The van der Waals surface area contributed by atoms with Gasteiger partial charge in [-0.1, -0.05) is 49.2 Å². The smallest absolute Gasteiger partial charge is 0.264 e. The minimum atomic E-state index is -0.564. The molecule has 4 saturated heterocycles. The molecule has 4 aliphatic heterocycles. The molecular weight excluding hydrogens is 1030 g/mol. The summed E-state index contributed by atoms with van der Waals surface area (Å²) in [7, 11) is 0. The Morgan fingerprint density at radius 1 is 0.618 bits per heavy atom. The third-order valence-electron chi connectivity index (χ3n) is 16.0. The number of piperazine rings is 2. The van der Waals surface area contributed by atoms with Crippen LogP contribution in [0.5, 0.6) is 0 Å². The number of carbonyl (C=O) groups excluding carboxylic acids is 1. The molecule has 406 valence electrons. The molecular formula is C56H69Cl3F2N12O3. The van der Waals surface area contributed by atoms with Crippen LogP contribution in [-0.4, -0.2) is 140 Å². The molecule has 2 aromatic carbocycles. The largest absolute Gasteiger partial charge is 0.339 e. The van der Waals surface area contributed by atoms with Gasteiger partial charge in [0.1, 0.15) is 17.9 Å². The molecule has 8 heterocycles. The van der Waals surface area contributed by atoms with E-state index in [1.54, 1.807) is 24.5 Å². The monoisotopic (exact) mass is 1100 g/mol. The average molecular weight is 1100 g/mol. The number of anilines is 2. The van der Waals surface area contributed by atoms with Gasteiger partial charge in [0, 0.05) is 100 Å². The fraction of sp³-hybridized carbons (Fsp3) is 0.518. The number of rotatable bonds is 11. The zero-order valence-electron chi connectivity index (χ0n) is 43.4. The van der Waals surface area contributed by atoms with E-state index in [0.717, 1.165) is 147 Å². The molecule has 20 heteroatoms. The molecule has 2 saturated carbocycles. The molecule has 12 rings (SSSR count). The van der Waals surface area contributed by atoms with Crippen LogP contribution in [0, 0.1) is 11.6 Å². The lowest BCUT2D eigenvalue weighted by molar-refractivity contribution is 0.0607. The number of likely N-dealkylation sites (tertiary alicyclic amines) is 1. The van der Waals surface area contributed by atoms with Gasteiger partial charge in [-0.25, -0.2) is 18.7 Å². The number of halogens is 5. The lowest BCUT2D eigenvalue weighted by atomic mass is 9.98. The van der Waals surface area contributed by atoms with E-state index in [2.05, 4.69) is 53.6 Å². The summed E-state index contributed by atoms with van der Waals surface area (Å²) < 4.78 is 30.2. The molecule has 6 aliphatic rings. The van der Waals surface area contributed by atoms with Gasteiger partial charge < -0.3 is 15.1 Å². The molecule has 6 fully saturated rings. The summed E-state index contributed by atoms with van der Waals surface area (Å²) in [5, 5.41) is 4.94. The first-order valence-corrected chi connectivity index (χ1v) is 27.8. The summed E-state index contributed by atoms with van der Waals surface area (Å²) in [6.45, 7) is 15.2. The van der Waals surface area contributed by atoms with Crippen molar-refractivity contribution in [1.29, 1.82) is 0 Å². The van der Waals surface area contributed by atoms with Crippen LogP contribution in [0.15, 0.2) is 82.6 Å². The van der Waals surface area contributed by atoms with Crippen LogP contribution >= 0.6 is 35.6 Å². The van der Waals surface area contributed by atoms with Crippen molar-refractivity contribution >= 4 is 75.9 Å². The molecule has 2 atom stereocenters. The number of aromatic nitrogens is 6. The van der Waals surface area contributed by atoms with Crippen LogP contribution in [0.3, 0.4) is 0 Å². The van der Waals surface area contributed by atoms with Crippen molar-refractivity contribution in [3.63, 3.8) is 0 Å². The standard InChI is InChI=1S/C28H34ClFN6O.C21H30N6O.C7H4ClFO.ClH/c1-2-20-18-34(28-32-26-23(4-3-11-31-26)27(37)36(28)22-6-7-22)14-15-35(20)21-9-12-33(13-10-21)17-19-5-8-24(29)25(30)16-19;1-2-15-14-25(12-13-26(15)16-7-10-22-11-8-16)21-24-19-18(4-3-9-23-19)20(28)27(21)17-5-6-17;8-6-2-1-5(4-10)3-7(6)9;/h3-5,8,11,16,20-22H,2,6-7,9-10,12-15,17-18H2,1H3;3-4,9,15-17,22H,2,5-8,10-14H2,1H3;1-4H;1H/t20-;15-;;/m00../s1. The van der Waals surface area contributed by atoms with Crippen molar-refractivity contribution in [2.24, 2.45) is 0 Å². The Kier molecular flexibility index (Phi) is 18.4. The number of fused-ring (bicyclic) bond motifs is 2. The SMILES string of the molecule is CC[C@H]1CN(c2nc3ncccc3c(=O)n2C2CC2)CCN1C1CCN(Cc2ccc(Cl)c(F)c2)CC1.CC[C@H]1CN(c2nc3ncccc3c(=O)n2C2CC2)CCN1C1CCNCC1.Cl.O=Cc1ccc(Cl)c(F)c1. The van der Waals surface area contributed by atoms with Crippen LogP contribution in [0.4, 0.5) is 20.7 Å². The van der Waals surface area contributed by atoms with E-state index >= 15 is 0 Å². The maximum atomic E-state index is 13.9. The molecule has 15 nitrogen and oxygen atoms in total. The molecule has 0 unspecified atom stereocenters. The number of nitrogens with one attached hydrogen (secondary N) is 1. The Morgan fingerprint density at radius 2 is 1.11 bits per heavy atom. The van der Waals surface area contributed by atoms with E-state index in [0.29, 0.717) is 64.1 Å². The first-order valence-electron chi connectivity index (χ1n) is 27.0. The highest BCUT2D eigenvalue weighted by Gasteiger charge is 2.38. The zero-order chi connectivity index (χ0) is 52.2. The number of piperidine rings is 2. The topological polar surface area (TPSA) is 141 Å². The predicted octanol–water partition coefficient (Wildman–Crippen LogP) is 8.98. The van der Waals surface area contributed by atoms with Crippen molar-refractivity contribution < 1.29 is 13.6 Å². The summed E-state index contributed by atoms with van der Waals surface area (Å²) in [6.07, 6.45) is 15.1. The summed E-state index contributed by atoms with van der Waals surface area (Å²) in [6, 6.07) is 19.1. The molecule has 4 aromatic heterocycles. The first kappa shape index (κ1) is 55.6. The van der Waals surface area contributed by atoms with Gasteiger partial charge in [-0.2, -0.15) is 9.97 Å². The van der Waals surface area contributed by atoms with Gasteiger partial charge in [-0.05, 0) is 144 Å². The van der Waals surface area contributed by atoms with E-state index in [9.17, 15) is 23.2 Å². The van der Waals surface area contributed by atoms with Crippen LogP contribution in [0.1, 0.15) is 106 Å². The number of aldehydes is 1. The van der Waals surface area contributed by atoms with E-state index in [1.807, 2.05) is 39.5 Å². The second kappa shape index (κ2) is 25.1. The van der Waals surface area contributed by atoms with Crippen molar-refractivity contribution in [3.05, 3.63) is 127 Å². The lowest BCUT2D eigenvalue weighted by Gasteiger charge is -2.47. The van der Waals surface area contributed by atoms with Gasteiger partial charge in [0.2, 0.25) is 11.9 Å². The minimum Gasteiger partial charge on any atom is -0.339 e. The quantitative estimate of drug-likeness (QED) is 0.124. The van der Waals surface area contributed by atoms with E-state index in [1.165, 1.54) is 25.0 Å². The van der Waals surface area contributed by atoms with Crippen LogP contribution in [0.2, 0.25) is 10.0 Å². The number of hydrogen-bond acceptors (Lipinski definition) is 13. The highest BCUT2D eigenvalue weighted by Crippen LogP contribution is 2.39. The maximum absolute atomic E-state index is 13.9. The Bertz CT molecular complexity index is 3090. The van der Waals surface area contributed by atoms with Crippen molar-refractivity contribution in [2.75, 3.05) is 75.2 Å². The third kappa shape index (κ3) is 12.6. The van der Waals surface area contributed by atoms with Crippen molar-refractivity contribution in [2.45, 2.75) is 121 Å². The van der Waals surface area contributed by atoms with Gasteiger partial charge in [-0.3, -0.25) is 38.2 Å². The summed E-state index contributed by atoms with van der Waals surface area (Å²) in [4.78, 5) is 67.6. The second-order valence-corrected chi connectivity index (χ2v) is 21.7. The van der Waals surface area contributed by atoms with Gasteiger partial charge in [-0.15, -0.1) is 12.4 Å². The summed E-state index contributed by atoms with van der Waals surface area (Å²) in [5.74, 6) is 0.719. The number of pyridine rings is 2. The predicted molar refractivity (Wildman–Crippen MR) is 300 cm³/mol. The molecule has 2 aliphatic carbocycles. The van der Waals surface area contributed by atoms with Gasteiger partial charge in [0.05, 0.1) is 20.8 Å². The molecule has 76 heavy (non-hydrogen) atoms. The number of carbonyl (C=O) groups is 1. The maximum Gasteiger partial charge on any atom is 0.264 e. The molecule has 1 N–H and O–H groups in total. The fourth-order valence-corrected chi connectivity index (χ4v) is 11.9. The fourth-order valence-electron chi connectivity index (χ4n) is 11.6. The molecule has 6 aromatic rings. The summed E-state index contributed by atoms with van der Waals surface area (Å²) in [5.41, 5.74) is 2.50. The van der Waals surface area contributed by atoms with Crippen LogP contribution < -0.4 is 26.2 Å². The van der Waals surface area contributed by atoms with E-state index in [-0.39, 0.29) is 45.4 Å². The third-order valence-corrected chi connectivity index (χ3v) is 16.6. The van der Waals surface area contributed by atoms with Crippen molar-refractivity contribution in [1.82, 2.24) is 49.1 Å². The van der Waals surface area contributed by atoms with E-state index < -0.39 is 5.82 Å². The Morgan fingerprint density at radius 3 is 1.57 bits per heavy atom. The minimum absolute atomic E-state index is 0. The lowest BCUT2D eigenvalue weighted by Crippen LogP contribution is -2.59. The number of nitrogens with zero attached hydrogens (tertiary/aromatic N) is 11. The van der Waals surface area contributed by atoms with Gasteiger partial charge >= 0.3 is 0 Å². The van der Waals surface area contributed by atoms with Crippen molar-refractivity contribution in [3.8, 4) is 0 Å². The molecule has 0 bridgehead atoms. The molecule has 0 spiro atoms. The highest BCUT2D eigenvalue weighted by atomic mass is 35.5. The van der Waals surface area contributed by atoms with Gasteiger partial charge in [0.15, 0.2) is 11.3 Å². The molecule has 0 amide bonds. The van der Waals surface area contributed by atoms with Crippen LogP contribution in [-0.2, 0) is 6.54 Å². The normalized spacial score (nSPS) is 21.1. The highest BCUT2D eigenvalue weighted by molar-refractivity contribution is 6.31. The first-order chi connectivity index (χ1) is 36.5. The Balaban J connectivity index is 0.000000159.